The van der Waals surface area contributed by atoms with E-state index in [2.05, 4.69) is 6.58 Å². The topological polar surface area (TPSA) is 115 Å². The third kappa shape index (κ3) is 6.34. The van der Waals surface area contributed by atoms with Gasteiger partial charge in [0, 0.05) is 36.4 Å². The third-order valence-corrected chi connectivity index (χ3v) is 6.54. The molecule has 2 heterocycles. The number of imide groups is 1. The zero-order chi connectivity index (χ0) is 29.5. The fraction of sp³-hybridized carbons (Fsp3) is 0.219. The highest BCUT2D eigenvalue weighted by Crippen LogP contribution is 2.33. The normalized spacial score (nSPS) is 14.3. The van der Waals surface area contributed by atoms with Crippen molar-refractivity contribution in [2.45, 2.75) is 27.2 Å². The van der Waals surface area contributed by atoms with E-state index in [1.54, 1.807) is 23.8 Å². The van der Waals surface area contributed by atoms with Crippen molar-refractivity contribution in [3.05, 3.63) is 95.2 Å². The molecule has 0 spiro atoms. The van der Waals surface area contributed by atoms with Gasteiger partial charge in [0.05, 0.1) is 12.3 Å². The second kappa shape index (κ2) is 12.7. The Morgan fingerprint density at radius 3 is 2.54 bits per heavy atom. The number of para-hydroxylation sites is 1. The summed E-state index contributed by atoms with van der Waals surface area (Å²) in [5, 5.41) is 14.6. The summed E-state index contributed by atoms with van der Waals surface area (Å²) >= 11 is 0. The molecule has 0 atom stereocenters. The predicted octanol–water partition coefficient (Wildman–Crippen LogP) is 4.96. The van der Waals surface area contributed by atoms with Crippen LogP contribution in [0.5, 0.6) is 5.75 Å². The molecule has 41 heavy (non-hydrogen) atoms. The summed E-state index contributed by atoms with van der Waals surface area (Å²) in [6, 6.07) is 17.2. The molecule has 1 aliphatic heterocycles. The van der Waals surface area contributed by atoms with Gasteiger partial charge in [-0.05, 0) is 67.8 Å². The first-order valence-electron chi connectivity index (χ1n) is 13.1. The van der Waals surface area contributed by atoms with Gasteiger partial charge in [0.15, 0.2) is 0 Å². The van der Waals surface area contributed by atoms with Gasteiger partial charge in [-0.25, -0.2) is 4.68 Å². The fourth-order valence-corrected chi connectivity index (χ4v) is 4.49. The van der Waals surface area contributed by atoms with Gasteiger partial charge in [-0.1, -0.05) is 30.9 Å². The number of aromatic nitrogens is 2. The van der Waals surface area contributed by atoms with Gasteiger partial charge >= 0.3 is 5.97 Å². The number of hydrogen-bond acceptors (Lipinski definition) is 7. The molecule has 2 aromatic carbocycles. The SMILES string of the molecule is C=CCOc1ccc(-c2nn(-c3ccccc3)cc2/C=C2/C(=O)N(CCCOC(C)=O)C(=O)C(C#N)=C2C)c(C)c1. The highest BCUT2D eigenvalue weighted by Gasteiger charge is 2.35. The van der Waals surface area contributed by atoms with Crippen LogP contribution in [0, 0.1) is 18.3 Å². The Balaban J connectivity index is 1.81. The third-order valence-electron chi connectivity index (χ3n) is 6.54. The quantitative estimate of drug-likeness (QED) is 0.115. The minimum Gasteiger partial charge on any atom is -0.490 e. The van der Waals surface area contributed by atoms with Crippen molar-refractivity contribution in [2.75, 3.05) is 19.8 Å². The Morgan fingerprint density at radius 2 is 1.88 bits per heavy atom. The van der Waals surface area contributed by atoms with E-state index < -0.39 is 17.8 Å². The van der Waals surface area contributed by atoms with Crippen molar-refractivity contribution in [1.82, 2.24) is 14.7 Å². The first-order valence-corrected chi connectivity index (χ1v) is 13.1. The molecular weight excluding hydrogens is 520 g/mol. The van der Waals surface area contributed by atoms with E-state index in [9.17, 15) is 19.6 Å². The largest absolute Gasteiger partial charge is 0.490 e. The molecule has 1 aliphatic rings. The van der Waals surface area contributed by atoms with Gasteiger partial charge in [0.25, 0.3) is 11.8 Å². The number of nitrogens with zero attached hydrogens (tertiary/aromatic N) is 4. The molecule has 2 amide bonds. The van der Waals surface area contributed by atoms with Gasteiger partial charge in [0.2, 0.25) is 0 Å². The highest BCUT2D eigenvalue weighted by atomic mass is 16.5. The monoisotopic (exact) mass is 550 g/mol. The molecular formula is C32H30N4O5. The van der Waals surface area contributed by atoms with Crippen LogP contribution in [0.15, 0.2) is 84.1 Å². The van der Waals surface area contributed by atoms with Crippen molar-refractivity contribution in [3.8, 4) is 28.8 Å². The molecule has 0 fully saturated rings. The maximum atomic E-state index is 13.6. The molecule has 0 radical (unpaired) electrons. The molecule has 0 unspecified atom stereocenters. The summed E-state index contributed by atoms with van der Waals surface area (Å²) in [4.78, 5) is 38.7. The number of esters is 1. The number of ether oxygens (including phenoxy) is 2. The summed E-state index contributed by atoms with van der Waals surface area (Å²) in [6.07, 6.45) is 5.40. The van der Waals surface area contributed by atoms with Crippen molar-refractivity contribution in [1.29, 1.82) is 5.26 Å². The van der Waals surface area contributed by atoms with Crippen LogP contribution in [0.3, 0.4) is 0 Å². The summed E-state index contributed by atoms with van der Waals surface area (Å²) in [6.45, 7) is 8.94. The van der Waals surface area contributed by atoms with Gasteiger partial charge < -0.3 is 9.47 Å². The van der Waals surface area contributed by atoms with Crippen LogP contribution in [0.4, 0.5) is 0 Å². The number of carbonyl (C=O) groups excluding carboxylic acids is 3. The Bertz CT molecular complexity index is 1610. The van der Waals surface area contributed by atoms with Crippen LogP contribution in [0.1, 0.15) is 31.4 Å². The summed E-state index contributed by atoms with van der Waals surface area (Å²) in [5.41, 5.74) is 4.21. The van der Waals surface area contributed by atoms with E-state index in [4.69, 9.17) is 14.6 Å². The van der Waals surface area contributed by atoms with Crippen molar-refractivity contribution >= 4 is 23.9 Å². The molecule has 3 aromatic rings. The lowest BCUT2D eigenvalue weighted by molar-refractivity contribution is -0.141. The van der Waals surface area contributed by atoms with E-state index in [0.29, 0.717) is 29.2 Å². The lowest BCUT2D eigenvalue weighted by Crippen LogP contribution is -2.43. The smallest absolute Gasteiger partial charge is 0.302 e. The van der Waals surface area contributed by atoms with Crippen molar-refractivity contribution < 1.29 is 23.9 Å². The molecule has 0 aliphatic carbocycles. The Kier molecular flexibility index (Phi) is 8.95. The number of hydrogen-bond donors (Lipinski definition) is 0. The molecule has 4 rings (SSSR count). The predicted molar refractivity (Wildman–Crippen MR) is 154 cm³/mol. The van der Waals surface area contributed by atoms with Gasteiger partial charge in [-0.2, -0.15) is 10.4 Å². The number of benzene rings is 2. The van der Waals surface area contributed by atoms with Gasteiger partial charge in [-0.15, -0.1) is 0 Å². The van der Waals surface area contributed by atoms with Crippen LogP contribution in [-0.4, -0.2) is 52.2 Å². The average Bonchev–Trinajstić information content (AvgIpc) is 3.38. The number of carbonyl (C=O) groups is 3. The fourth-order valence-electron chi connectivity index (χ4n) is 4.49. The van der Waals surface area contributed by atoms with Gasteiger partial charge in [0.1, 0.15) is 29.7 Å². The minimum atomic E-state index is -0.666. The lowest BCUT2D eigenvalue weighted by Gasteiger charge is -2.27. The molecule has 0 saturated heterocycles. The molecule has 0 bridgehead atoms. The standard InChI is InChI=1S/C32H30N4O5/c1-5-15-41-26-12-13-27(21(2)17-26)30-24(20-36(34-30)25-10-7-6-8-11-25)18-28-22(3)29(19-33)32(39)35(31(28)38)14-9-16-40-23(4)37/h5-8,10-13,17-18,20H,1,9,14-16H2,2-4H3/b28-18+. The van der Waals surface area contributed by atoms with Crippen LogP contribution in [0.25, 0.3) is 23.0 Å². The molecule has 9 nitrogen and oxygen atoms in total. The zero-order valence-electron chi connectivity index (χ0n) is 23.2. The maximum absolute atomic E-state index is 13.6. The highest BCUT2D eigenvalue weighted by molar-refractivity contribution is 6.19. The number of nitriles is 1. The Hall–Kier alpha value is -5.23. The first-order chi connectivity index (χ1) is 19.7. The van der Waals surface area contributed by atoms with Crippen LogP contribution in [0.2, 0.25) is 0 Å². The minimum absolute atomic E-state index is 0.00214. The van der Waals surface area contributed by atoms with Crippen molar-refractivity contribution in [2.24, 2.45) is 0 Å². The summed E-state index contributed by atoms with van der Waals surface area (Å²) in [5.74, 6) is -0.955. The van der Waals surface area contributed by atoms with E-state index >= 15 is 0 Å². The van der Waals surface area contributed by atoms with E-state index in [0.717, 1.165) is 21.7 Å². The molecule has 1 aromatic heterocycles. The van der Waals surface area contributed by atoms with E-state index in [1.807, 2.05) is 67.7 Å². The molecule has 0 saturated carbocycles. The number of amides is 2. The van der Waals surface area contributed by atoms with Crippen LogP contribution in [-0.2, 0) is 19.1 Å². The Labute approximate surface area is 238 Å². The van der Waals surface area contributed by atoms with E-state index in [1.165, 1.54) is 6.92 Å². The molecule has 9 heteroatoms. The first kappa shape index (κ1) is 28.8. The summed E-state index contributed by atoms with van der Waals surface area (Å²) in [7, 11) is 0. The average molecular weight is 551 g/mol. The second-order valence-electron chi connectivity index (χ2n) is 9.41. The Morgan fingerprint density at radius 1 is 1.12 bits per heavy atom. The molecule has 0 N–H and O–H groups in total. The molecule has 208 valence electrons. The maximum Gasteiger partial charge on any atom is 0.302 e. The number of rotatable bonds is 10. The zero-order valence-corrected chi connectivity index (χ0v) is 23.2. The van der Waals surface area contributed by atoms with E-state index in [-0.39, 0.29) is 30.7 Å². The van der Waals surface area contributed by atoms with Crippen molar-refractivity contribution in [3.63, 3.8) is 0 Å². The number of aryl methyl sites for hydroxylation is 1. The summed E-state index contributed by atoms with van der Waals surface area (Å²) < 4.78 is 12.3. The van der Waals surface area contributed by atoms with Crippen LogP contribution >= 0.6 is 0 Å². The second-order valence-corrected chi connectivity index (χ2v) is 9.41. The van der Waals surface area contributed by atoms with Crippen LogP contribution < -0.4 is 4.74 Å². The van der Waals surface area contributed by atoms with Gasteiger partial charge in [-0.3, -0.25) is 19.3 Å². The lowest BCUT2D eigenvalue weighted by atomic mass is 9.92.